The third-order valence-electron chi connectivity index (χ3n) is 5.23. The molecule has 0 spiro atoms. The van der Waals surface area contributed by atoms with Crippen molar-refractivity contribution in [2.24, 2.45) is 10.2 Å². The molecule has 158 valence electrons. The number of carbonyl (C=O) groups excluding carboxylic acids is 1. The first-order valence-electron chi connectivity index (χ1n) is 10.5. The van der Waals surface area contributed by atoms with E-state index in [-0.39, 0.29) is 5.91 Å². The van der Waals surface area contributed by atoms with Gasteiger partial charge in [0, 0.05) is 11.3 Å². The summed E-state index contributed by atoms with van der Waals surface area (Å²) >= 11 is 1.22. The normalized spacial score (nSPS) is 14.9. The van der Waals surface area contributed by atoms with Crippen molar-refractivity contribution in [1.82, 2.24) is 9.78 Å². The van der Waals surface area contributed by atoms with Crippen LogP contribution in [0.3, 0.4) is 0 Å². The lowest BCUT2D eigenvalue weighted by Gasteiger charge is -2.16. The van der Waals surface area contributed by atoms with Gasteiger partial charge in [-0.1, -0.05) is 72.0 Å². The van der Waals surface area contributed by atoms with E-state index >= 15 is 0 Å². The van der Waals surface area contributed by atoms with Crippen LogP contribution >= 0.6 is 11.3 Å². The summed E-state index contributed by atoms with van der Waals surface area (Å²) in [4.78, 5) is 13.4. The number of carbonyl (C=O) groups is 1. The van der Waals surface area contributed by atoms with E-state index in [0.717, 1.165) is 41.9 Å². The van der Waals surface area contributed by atoms with Gasteiger partial charge >= 0.3 is 0 Å². The average Bonchev–Trinajstić information content (AvgIpc) is 3.28. The number of nitrogens with one attached hydrogen (secondary N) is 1. The Hall–Kier alpha value is -3.84. The van der Waals surface area contributed by atoms with Gasteiger partial charge in [0.1, 0.15) is 0 Å². The van der Waals surface area contributed by atoms with Gasteiger partial charge in [0.05, 0.1) is 11.4 Å². The van der Waals surface area contributed by atoms with Crippen LogP contribution in [0.25, 0.3) is 5.69 Å². The van der Waals surface area contributed by atoms with Gasteiger partial charge in [-0.2, -0.15) is 5.10 Å². The molecular formula is C25H21N5OS. The monoisotopic (exact) mass is 439 g/mol. The predicted octanol–water partition coefficient (Wildman–Crippen LogP) is 4.83. The smallest absolute Gasteiger partial charge is 0.286 e. The lowest BCUT2D eigenvalue weighted by Crippen LogP contribution is -2.16. The number of benzene rings is 3. The molecule has 5 rings (SSSR count). The van der Waals surface area contributed by atoms with Crippen molar-refractivity contribution in [2.45, 2.75) is 19.3 Å². The van der Waals surface area contributed by atoms with Gasteiger partial charge in [-0.3, -0.25) is 4.79 Å². The molecule has 1 amide bonds. The van der Waals surface area contributed by atoms with Gasteiger partial charge in [0.25, 0.3) is 5.91 Å². The first kappa shape index (κ1) is 20.1. The predicted molar refractivity (Wildman–Crippen MR) is 127 cm³/mol. The maximum Gasteiger partial charge on any atom is 0.286 e. The van der Waals surface area contributed by atoms with Gasteiger partial charge in [-0.05, 0) is 49.1 Å². The second-order valence-corrected chi connectivity index (χ2v) is 8.37. The van der Waals surface area contributed by atoms with Crippen molar-refractivity contribution >= 4 is 28.6 Å². The first-order chi connectivity index (χ1) is 15.8. The highest BCUT2D eigenvalue weighted by Gasteiger charge is 2.17. The van der Waals surface area contributed by atoms with Gasteiger partial charge in [0.2, 0.25) is 9.81 Å². The van der Waals surface area contributed by atoms with Crippen LogP contribution in [0.1, 0.15) is 33.8 Å². The Morgan fingerprint density at radius 2 is 1.59 bits per heavy atom. The SMILES string of the molecule is O=C(Nc1ccccc1)c1nn(-c2ccccc2)/c(=N\N=C2/CCCc3ccccc32)s1. The van der Waals surface area contributed by atoms with E-state index < -0.39 is 0 Å². The van der Waals surface area contributed by atoms with Crippen LogP contribution in [-0.2, 0) is 6.42 Å². The van der Waals surface area contributed by atoms with E-state index in [1.54, 1.807) is 4.68 Å². The van der Waals surface area contributed by atoms with Gasteiger partial charge in [0.15, 0.2) is 0 Å². The lowest BCUT2D eigenvalue weighted by molar-refractivity contribution is 0.102. The molecule has 0 saturated carbocycles. The van der Waals surface area contributed by atoms with Gasteiger partial charge in [-0.25, -0.2) is 4.68 Å². The average molecular weight is 440 g/mol. The Morgan fingerprint density at radius 3 is 2.41 bits per heavy atom. The molecule has 4 aromatic rings. The summed E-state index contributed by atoms with van der Waals surface area (Å²) in [5.74, 6) is -0.275. The van der Waals surface area contributed by atoms with E-state index in [2.05, 4.69) is 38.8 Å². The second kappa shape index (κ2) is 9.11. The Balaban J connectivity index is 1.55. The highest BCUT2D eigenvalue weighted by atomic mass is 32.1. The molecule has 0 fully saturated rings. The molecule has 0 bridgehead atoms. The van der Waals surface area contributed by atoms with Crippen molar-refractivity contribution in [3.05, 3.63) is 106 Å². The number of fused-ring (bicyclic) bond motifs is 1. The van der Waals surface area contributed by atoms with Crippen LogP contribution in [0.2, 0.25) is 0 Å². The molecule has 0 saturated heterocycles. The van der Waals surface area contributed by atoms with Crippen LogP contribution < -0.4 is 10.1 Å². The van der Waals surface area contributed by atoms with Gasteiger partial charge in [-0.15, -0.1) is 10.2 Å². The fourth-order valence-corrected chi connectivity index (χ4v) is 4.44. The molecule has 3 aromatic carbocycles. The number of para-hydroxylation sites is 2. The number of rotatable bonds is 4. The molecule has 0 unspecified atom stereocenters. The van der Waals surface area contributed by atoms with Crippen molar-refractivity contribution in [1.29, 1.82) is 0 Å². The molecule has 1 aliphatic carbocycles. The van der Waals surface area contributed by atoms with E-state index in [4.69, 9.17) is 0 Å². The van der Waals surface area contributed by atoms with Gasteiger partial charge < -0.3 is 5.32 Å². The summed E-state index contributed by atoms with van der Waals surface area (Å²) in [6.07, 6.45) is 2.99. The Labute approximate surface area is 189 Å². The Kier molecular flexibility index (Phi) is 5.72. The fraction of sp³-hybridized carbons (Fsp3) is 0.120. The third-order valence-corrected chi connectivity index (χ3v) is 6.13. The van der Waals surface area contributed by atoms with Crippen LogP contribution in [0, 0.1) is 0 Å². The van der Waals surface area contributed by atoms with Crippen LogP contribution in [-0.4, -0.2) is 21.4 Å². The summed E-state index contributed by atoms with van der Waals surface area (Å²) in [7, 11) is 0. The number of anilines is 1. The molecule has 1 aliphatic rings. The number of aromatic nitrogens is 2. The summed E-state index contributed by atoms with van der Waals surface area (Å²) in [6, 6.07) is 27.3. The molecule has 7 heteroatoms. The molecule has 1 aromatic heterocycles. The summed E-state index contributed by atoms with van der Waals surface area (Å²) in [5, 5.41) is 16.9. The largest absolute Gasteiger partial charge is 0.320 e. The number of hydrogen-bond acceptors (Lipinski definition) is 5. The number of amides is 1. The minimum Gasteiger partial charge on any atom is -0.320 e. The van der Waals surface area contributed by atoms with Crippen LogP contribution in [0.15, 0.2) is 95.1 Å². The molecular weight excluding hydrogens is 418 g/mol. The molecule has 0 radical (unpaired) electrons. The second-order valence-electron chi connectivity index (χ2n) is 7.41. The van der Waals surface area contributed by atoms with E-state index in [0.29, 0.717) is 9.81 Å². The number of nitrogens with zero attached hydrogens (tertiary/aromatic N) is 4. The van der Waals surface area contributed by atoms with E-state index in [9.17, 15) is 4.79 Å². The van der Waals surface area contributed by atoms with Crippen LogP contribution in [0.4, 0.5) is 5.69 Å². The minimum atomic E-state index is -0.275. The molecule has 0 aliphatic heterocycles. The maximum absolute atomic E-state index is 12.8. The highest BCUT2D eigenvalue weighted by Crippen LogP contribution is 2.21. The van der Waals surface area contributed by atoms with Crippen molar-refractivity contribution in [3.63, 3.8) is 0 Å². The zero-order chi connectivity index (χ0) is 21.8. The minimum absolute atomic E-state index is 0.275. The van der Waals surface area contributed by atoms with E-state index in [1.165, 1.54) is 16.9 Å². The number of hydrogen-bond donors (Lipinski definition) is 1. The molecule has 6 nitrogen and oxygen atoms in total. The maximum atomic E-state index is 12.8. The quantitative estimate of drug-likeness (QED) is 0.463. The van der Waals surface area contributed by atoms with Crippen molar-refractivity contribution < 1.29 is 4.79 Å². The summed E-state index contributed by atoms with van der Waals surface area (Å²) in [6.45, 7) is 0. The Morgan fingerprint density at radius 1 is 0.875 bits per heavy atom. The number of aryl methyl sites for hydroxylation is 1. The lowest BCUT2D eigenvalue weighted by atomic mass is 9.90. The zero-order valence-electron chi connectivity index (χ0n) is 17.3. The molecule has 1 heterocycles. The standard InChI is InChI=1S/C25H21N5OS/c31-23(26-19-12-3-1-4-13-19)24-29-30(20-14-5-2-6-15-20)25(32-24)28-27-22-17-9-11-18-10-7-8-16-21(18)22/h1-8,10,12-16H,9,11,17H2,(H,26,31)/b27-22+,28-25+. The zero-order valence-corrected chi connectivity index (χ0v) is 18.1. The van der Waals surface area contributed by atoms with Crippen LogP contribution in [0.5, 0.6) is 0 Å². The van der Waals surface area contributed by atoms with Crippen molar-refractivity contribution in [2.75, 3.05) is 5.32 Å². The van der Waals surface area contributed by atoms with Crippen molar-refractivity contribution in [3.8, 4) is 5.69 Å². The molecule has 1 N–H and O–H groups in total. The molecule has 0 atom stereocenters. The Bertz CT molecular complexity index is 1340. The topological polar surface area (TPSA) is 71.6 Å². The summed E-state index contributed by atoms with van der Waals surface area (Å²) < 4.78 is 1.67. The summed E-state index contributed by atoms with van der Waals surface area (Å²) in [5.41, 5.74) is 4.97. The fourth-order valence-electron chi connectivity index (χ4n) is 3.69. The first-order valence-corrected chi connectivity index (χ1v) is 11.3. The third kappa shape index (κ3) is 4.29. The highest BCUT2D eigenvalue weighted by molar-refractivity contribution is 7.11. The molecule has 32 heavy (non-hydrogen) atoms. The van der Waals surface area contributed by atoms with E-state index in [1.807, 2.05) is 66.7 Å².